The number of hydrogen-bond donors (Lipinski definition) is 0. The number of rotatable bonds is 3. The topological polar surface area (TPSA) is 31.2 Å². The van der Waals surface area contributed by atoms with Crippen molar-refractivity contribution in [3.63, 3.8) is 0 Å². The van der Waals surface area contributed by atoms with Crippen LogP contribution >= 0.6 is 0 Å². The molecule has 0 saturated heterocycles. The van der Waals surface area contributed by atoms with Crippen LogP contribution in [-0.2, 0) is 11.8 Å². The van der Waals surface area contributed by atoms with Crippen molar-refractivity contribution >= 4 is 5.97 Å². The van der Waals surface area contributed by atoms with Gasteiger partial charge in [0.15, 0.2) is 0 Å². The molecule has 3 nitrogen and oxygen atoms in total. The number of hydrogen-bond acceptors (Lipinski definition) is 2. The maximum absolute atomic E-state index is 11.9. The highest BCUT2D eigenvalue weighted by atomic mass is 16.5. The Balaban J connectivity index is 2.49. The number of aromatic nitrogens is 1. The number of ether oxygens (including phenoxy) is 1. The zero-order valence-electron chi connectivity index (χ0n) is 11.9. The first-order chi connectivity index (χ1) is 9.04. The van der Waals surface area contributed by atoms with Gasteiger partial charge in [-0.1, -0.05) is 23.8 Å². The van der Waals surface area contributed by atoms with Crippen LogP contribution in [-0.4, -0.2) is 17.1 Å². The molecule has 100 valence electrons. The van der Waals surface area contributed by atoms with E-state index in [4.69, 9.17) is 4.74 Å². The standard InChI is InChI=1S/C16H19NO2/c1-5-19-16(18)14-10-15(17(4)12(14)3)13-8-6-7-11(2)9-13/h6-10H,5H2,1-4H3. The van der Waals surface area contributed by atoms with Gasteiger partial charge in [0.25, 0.3) is 0 Å². The van der Waals surface area contributed by atoms with Gasteiger partial charge in [0.2, 0.25) is 0 Å². The Bertz CT molecular complexity index is 611. The summed E-state index contributed by atoms with van der Waals surface area (Å²) in [6, 6.07) is 10.2. The van der Waals surface area contributed by atoms with E-state index in [1.165, 1.54) is 5.56 Å². The lowest BCUT2D eigenvalue weighted by molar-refractivity contribution is 0.0525. The van der Waals surface area contributed by atoms with Crippen molar-refractivity contribution in [2.45, 2.75) is 20.8 Å². The van der Waals surface area contributed by atoms with Gasteiger partial charge in [0.05, 0.1) is 12.2 Å². The average molecular weight is 257 g/mol. The molecule has 0 spiro atoms. The molecule has 0 N–H and O–H groups in total. The van der Waals surface area contributed by atoms with E-state index in [1.54, 1.807) is 0 Å². The number of carbonyl (C=O) groups is 1. The van der Waals surface area contributed by atoms with Crippen LogP contribution in [0.1, 0.15) is 28.5 Å². The fourth-order valence-corrected chi connectivity index (χ4v) is 2.20. The second-order valence-corrected chi connectivity index (χ2v) is 4.68. The van der Waals surface area contributed by atoms with Crippen molar-refractivity contribution in [2.75, 3.05) is 6.61 Å². The largest absolute Gasteiger partial charge is 0.462 e. The minimum atomic E-state index is -0.255. The molecule has 0 atom stereocenters. The van der Waals surface area contributed by atoms with Crippen LogP contribution in [0.4, 0.5) is 0 Å². The third kappa shape index (κ3) is 2.55. The lowest BCUT2D eigenvalue weighted by atomic mass is 10.1. The van der Waals surface area contributed by atoms with Gasteiger partial charge in [0.1, 0.15) is 0 Å². The van der Waals surface area contributed by atoms with Gasteiger partial charge in [-0.15, -0.1) is 0 Å². The second kappa shape index (κ2) is 5.31. The van der Waals surface area contributed by atoms with Gasteiger partial charge in [-0.05, 0) is 38.5 Å². The highest BCUT2D eigenvalue weighted by molar-refractivity contribution is 5.92. The van der Waals surface area contributed by atoms with E-state index in [0.717, 1.165) is 17.0 Å². The highest BCUT2D eigenvalue weighted by Crippen LogP contribution is 2.25. The molecule has 19 heavy (non-hydrogen) atoms. The number of benzene rings is 1. The number of nitrogens with zero attached hydrogens (tertiary/aromatic N) is 1. The van der Waals surface area contributed by atoms with Crippen molar-refractivity contribution in [2.24, 2.45) is 7.05 Å². The molecule has 2 aromatic rings. The smallest absolute Gasteiger partial charge is 0.339 e. The summed E-state index contributed by atoms with van der Waals surface area (Å²) in [5, 5.41) is 0. The van der Waals surface area contributed by atoms with Crippen LogP contribution < -0.4 is 0 Å². The van der Waals surface area contributed by atoms with Crippen molar-refractivity contribution in [1.82, 2.24) is 4.57 Å². The molecule has 0 aliphatic rings. The molecule has 0 aliphatic heterocycles. The van der Waals surface area contributed by atoms with Gasteiger partial charge in [0, 0.05) is 18.4 Å². The molecular weight excluding hydrogens is 238 g/mol. The Hall–Kier alpha value is -2.03. The van der Waals surface area contributed by atoms with E-state index in [-0.39, 0.29) is 5.97 Å². The third-order valence-corrected chi connectivity index (χ3v) is 3.34. The van der Waals surface area contributed by atoms with Crippen LogP contribution in [0.5, 0.6) is 0 Å². The number of esters is 1. The third-order valence-electron chi connectivity index (χ3n) is 3.34. The fourth-order valence-electron chi connectivity index (χ4n) is 2.20. The molecule has 1 aromatic carbocycles. The fraction of sp³-hybridized carbons (Fsp3) is 0.312. The van der Waals surface area contributed by atoms with Crippen LogP contribution in [0.2, 0.25) is 0 Å². The van der Waals surface area contributed by atoms with Crippen LogP contribution in [0.3, 0.4) is 0 Å². The van der Waals surface area contributed by atoms with E-state index < -0.39 is 0 Å². The Morgan fingerprint density at radius 1 is 1.26 bits per heavy atom. The van der Waals surface area contributed by atoms with Crippen LogP contribution in [0, 0.1) is 13.8 Å². The summed E-state index contributed by atoms with van der Waals surface area (Å²) in [7, 11) is 1.97. The highest BCUT2D eigenvalue weighted by Gasteiger charge is 2.17. The Morgan fingerprint density at radius 2 is 2.00 bits per heavy atom. The average Bonchev–Trinajstić information content (AvgIpc) is 2.67. The van der Waals surface area contributed by atoms with Crippen molar-refractivity contribution in [3.05, 3.63) is 47.2 Å². The summed E-state index contributed by atoms with van der Waals surface area (Å²) in [5.74, 6) is -0.255. The predicted octanol–water partition coefficient (Wildman–Crippen LogP) is 3.49. The van der Waals surface area contributed by atoms with E-state index in [1.807, 2.05) is 37.6 Å². The molecule has 3 heteroatoms. The summed E-state index contributed by atoms with van der Waals surface area (Å²) in [6.45, 7) is 6.21. The summed E-state index contributed by atoms with van der Waals surface area (Å²) < 4.78 is 7.11. The molecule has 1 heterocycles. The monoisotopic (exact) mass is 257 g/mol. The Kier molecular flexibility index (Phi) is 3.74. The lowest BCUT2D eigenvalue weighted by Crippen LogP contribution is -2.06. The molecule has 2 rings (SSSR count). The molecule has 1 aromatic heterocycles. The zero-order valence-corrected chi connectivity index (χ0v) is 11.9. The first-order valence-corrected chi connectivity index (χ1v) is 6.45. The van der Waals surface area contributed by atoms with Crippen molar-refractivity contribution in [1.29, 1.82) is 0 Å². The van der Waals surface area contributed by atoms with E-state index in [9.17, 15) is 4.79 Å². The quantitative estimate of drug-likeness (QED) is 0.788. The number of carbonyl (C=O) groups excluding carboxylic acids is 1. The molecule has 0 saturated carbocycles. The molecule has 0 fully saturated rings. The zero-order chi connectivity index (χ0) is 14.0. The lowest BCUT2D eigenvalue weighted by Gasteiger charge is -2.06. The van der Waals surface area contributed by atoms with Gasteiger partial charge < -0.3 is 9.30 Å². The molecule has 0 bridgehead atoms. The summed E-state index contributed by atoms with van der Waals surface area (Å²) >= 11 is 0. The van der Waals surface area contributed by atoms with Crippen molar-refractivity contribution in [3.8, 4) is 11.3 Å². The molecule has 0 unspecified atom stereocenters. The minimum Gasteiger partial charge on any atom is -0.462 e. The van der Waals surface area contributed by atoms with Gasteiger partial charge >= 0.3 is 5.97 Å². The Morgan fingerprint density at radius 3 is 2.63 bits per heavy atom. The number of aryl methyl sites for hydroxylation is 1. The maximum atomic E-state index is 11.9. The maximum Gasteiger partial charge on any atom is 0.339 e. The summed E-state index contributed by atoms with van der Waals surface area (Å²) in [5.41, 5.74) is 4.91. The van der Waals surface area contributed by atoms with Gasteiger partial charge in [-0.25, -0.2) is 4.79 Å². The van der Waals surface area contributed by atoms with E-state index in [0.29, 0.717) is 12.2 Å². The second-order valence-electron chi connectivity index (χ2n) is 4.68. The predicted molar refractivity (Wildman–Crippen MR) is 76.3 cm³/mol. The minimum absolute atomic E-state index is 0.255. The first kappa shape index (κ1) is 13.4. The summed E-state index contributed by atoms with van der Waals surface area (Å²) in [4.78, 5) is 11.9. The molecule has 0 amide bonds. The summed E-state index contributed by atoms with van der Waals surface area (Å²) in [6.07, 6.45) is 0. The molecule has 0 radical (unpaired) electrons. The van der Waals surface area contributed by atoms with Crippen molar-refractivity contribution < 1.29 is 9.53 Å². The molecule has 0 aliphatic carbocycles. The van der Waals surface area contributed by atoms with Gasteiger partial charge in [-0.3, -0.25) is 0 Å². The van der Waals surface area contributed by atoms with E-state index >= 15 is 0 Å². The molecular formula is C16H19NO2. The van der Waals surface area contributed by atoms with Crippen LogP contribution in [0.25, 0.3) is 11.3 Å². The Labute approximate surface area is 113 Å². The normalized spacial score (nSPS) is 10.5. The van der Waals surface area contributed by atoms with Gasteiger partial charge in [-0.2, -0.15) is 0 Å². The van der Waals surface area contributed by atoms with Crippen LogP contribution in [0.15, 0.2) is 30.3 Å². The van der Waals surface area contributed by atoms with E-state index in [2.05, 4.69) is 25.1 Å². The first-order valence-electron chi connectivity index (χ1n) is 6.45. The SMILES string of the molecule is CCOC(=O)c1cc(-c2cccc(C)c2)n(C)c1C.